The standard InChI is InChI=1S/C15H23N3O3/c1-10(15(2,3)4)7-17-14(21)18-9-11-5-6-12(13(19)20)16-8-11/h5-6,8,10H,7,9H2,1-4H3,(H,19,20)(H2,17,18,21). The van der Waals surface area contributed by atoms with E-state index in [0.29, 0.717) is 19.0 Å². The van der Waals surface area contributed by atoms with Gasteiger partial charge in [0.15, 0.2) is 0 Å². The van der Waals surface area contributed by atoms with Crippen molar-refractivity contribution in [2.45, 2.75) is 34.2 Å². The second kappa shape index (κ2) is 7.06. The van der Waals surface area contributed by atoms with Gasteiger partial charge in [0.1, 0.15) is 5.69 Å². The van der Waals surface area contributed by atoms with Gasteiger partial charge in [-0.05, 0) is 23.0 Å². The lowest BCUT2D eigenvalue weighted by Crippen LogP contribution is -2.39. The average Bonchev–Trinajstić information content (AvgIpc) is 2.41. The van der Waals surface area contributed by atoms with Gasteiger partial charge in [0.25, 0.3) is 0 Å². The molecular formula is C15H23N3O3. The maximum atomic E-state index is 11.7. The number of rotatable bonds is 5. The Balaban J connectivity index is 2.38. The monoisotopic (exact) mass is 293 g/mol. The summed E-state index contributed by atoms with van der Waals surface area (Å²) in [6.45, 7) is 9.40. The molecule has 0 saturated carbocycles. The first-order valence-corrected chi connectivity index (χ1v) is 6.90. The Hall–Kier alpha value is -2.11. The largest absolute Gasteiger partial charge is 0.477 e. The van der Waals surface area contributed by atoms with Gasteiger partial charge in [0.2, 0.25) is 0 Å². The van der Waals surface area contributed by atoms with E-state index in [0.717, 1.165) is 5.56 Å². The van der Waals surface area contributed by atoms with Crippen LogP contribution in [0.5, 0.6) is 0 Å². The van der Waals surface area contributed by atoms with E-state index in [1.165, 1.54) is 12.3 Å². The number of urea groups is 1. The molecule has 0 aliphatic heterocycles. The van der Waals surface area contributed by atoms with E-state index < -0.39 is 5.97 Å². The average molecular weight is 293 g/mol. The van der Waals surface area contributed by atoms with Crippen molar-refractivity contribution in [3.05, 3.63) is 29.6 Å². The Morgan fingerprint density at radius 2 is 1.95 bits per heavy atom. The van der Waals surface area contributed by atoms with Gasteiger partial charge in [-0.3, -0.25) is 0 Å². The number of hydrogen-bond acceptors (Lipinski definition) is 3. The summed E-state index contributed by atoms with van der Waals surface area (Å²) in [7, 11) is 0. The number of carbonyl (C=O) groups is 2. The number of carboxylic acids is 1. The second-order valence-electron chi connectivity index (χ2n) is 6.19. The van der Waals surface area contributed by atoms with Crippen molar-refractivity contribution in [3.63, 3.8) is 0 Å². The molecule has 6 nitrogen and oxygen atoms in total. The molecule has 21 heavy (non-hydrogen) atoms. The van der Waals surface area contributed by atoms with Crippen molar-refractivity contribution in [1.82, 2.24) is 15.6 Å². The molecule has 0 aliphatic carbocycles. The Labute approximate surface area is 125 Å². The third-order valence-electron chi connectivity index (χ3n) is 3.54. The molecule has 116 valence electrons. The number of carboxylic acid groups (broad SMARTS) is 1. The number of aromatic nitrogens is 1. The van der Waals surface area contributed by atoms with Gasteiger partial charge in [0, 0.05) is 19.3 Å². The topological polar surface area (TPSA) is 91.3 Å². The van der Waals surface area contributed by atoms with Gasteiger partial charge in [-0.15, -0.1) is 0 Å². The van der Waals surface area contributed by atoms with Gasteiger partial charge < -0.3 is 15.7 Å². The lowest BCUT2D eigenvalue weighted by molar-refractivity contribution is 0.0690. The Kier molecular flexibility index (Phi) is 5.69. The number of aromatic carboxylic acids is 1. The summed E-state index contributed by atoms with van der Waals surface area (Å²) in [5.74, 6) is -0.705. The first-order chi connectivity index (χ1) is 9.70. The molecule has 2 amide bonds. The molecule has 0 saturated heterocycles. The van der Waals surface area contributed by atoms with Crippen LogP contribution >= 0.6 is 0 Å². The Morgan fingerprint density at radius 1 is 1.29 bits per heavy atom. The van der Waals surface area contributed by atoms with Crippen molar-refractivity contribution in [3.8, 4) is 0 Å². The zero-order valence-corrected chi connectivity index (χ0v) is 12.9. The highest BCUT2D eigenvalue weighted by atomic mass is 16.4. The molecule has 1 rings (SSSR count). The smallest absolute Gasteiger partial charge is 0.354 e. The zero-order valence-electron chi connectivity index (χ0n) is 12.9. The lowest BCUT2D eigenvalue weighted by Gasteiger charge is -2.27. The van der Waals surface area contributed by atoms with E-state index in [1.54, 1.807) is 6.07 Å². The molecule has 3 N–H and O–H groups in total. The lowest BCUT2D eigenvalue weighted by atomic mass is 9.82. The summed E-state index contributed by atoms with van der Waals surface area (Å²) in [5, 5.41) is 14.3. The molecule has 6 heteroatoms. The van der Waals surface area contributed by atoms with Gasteiger partial charge in [-0.25, -0.2) is 14.6 Å². The highest BCUT2D eigenvalue weighted by Gasteiger charge is 2.20. The van der Waals surface area contributed by atoms with Crippen LogP contribution in [0, 0.1) is 11.3 Å². The third kappa shape index (κ3) is 5.81. The summed E-state index contributed by atoms with van der Waals surface area (Å²) in [6, 6.07) is 2.81. The van der Waals surface area contributed by atoms with E-state index in [2.05, 4.69) is 43.3 Å². The molecule has 1 aromatic rings. The molecule has 0 fully saturated rings. The quantitative estimate of drug-likeness (QED) is 0.776. The maximum Gasteiger partial charge on any atom is 0.354 e. The Bertz CT molecular complexity index is 492. The summed E-state index contributed by atoms with van der Waals surface area (Å²) in [5.41, 5.74) is 0.880. The van der Waals surface area contributed by atoms with Gasteiger partial charge >= 0.3 is 12.0 Å². The van der Waals surface area contributed by atoms with Crippen LogP contribution in [0.1, 0.15) is 43.7 Å². The predicted octanol–water partition coefficient (Wildman–Crippen LogP) is 2.26. The predicted molar refractivity (Wildman–Crippen MR) is 80.1 cm³/mol. The van der Waals surface area contributed by atoms with Crippen LogP contribution in [-0.4, -0.2) is 28.6 Å². The van der Waals surface area contributed by atoms with E-state index in [1.807, 2.05) is 0 Å². The van der Waals surface area contributed by atoms with Crippen molar-refractivity contribution in [2.24, 2.45) is 11.3 Å². The van der Waals surface area contributed by atoms with E-state index in [-0.39, 0.29) is 17.1 Å². The van der Waals surface area contributed by atoms with Gasteiger partial charge in [-0.2, -0.15) is 0 Å². The van der Waals surface area contributed by atoms with Crippen LogP contribution in [0.4, 0.5) is 4.79 Å². The number of hydrogen-bond donors (Lipinski definition) is 3. The minimum absolute atomic E-state index is 0.0118. The number of amides is 2. The normalized spacial score (nSPS) is 12.6. The van der Waals surface area contributed by atoms with Crippen molar-refractivity contribution < 1.29 is 14.7 Å². The molecule has 1 aromatic heterocycles. The number of nitrogens with zero attached hydrogens (tertiary/aromatic N) is 1. The van der Waals surface area contributed by atoms with Crippen molar-refractivity contribution >= 4 is 12.0 Å². The van der Waals surface area contributed by atoms with Gasteiger partial charge in [-0.1, -0.05) is 33.8 Å². The molecule has 0 aromatic carbocycles. The van der Waals surface area contributed by atoms with Crippen LogP contribution in [0.15, 0.2) is 18.3 Å². The molecule has 1 unspecified atom stereocenters. The molecule has 1 heterocycles. The first kappa shape index (κ1) is 16.9. The molecule has 0 aliphatic rings. The fourth-order valence-corrected chi connectivity index (χ4v) is 1.45. The molecule has 1 atom stereocenters. The van der Waals surface area contributed by atoms with Crippen molar-refractivity contribution in [2.75, 3.05) is 6.54 Å². The summed E-state index contributed by atoms with van der Waals surface area (Å²) in [6.07, 6.45) is 1.45. The molecule has 0 bridgehead atoms. The first-order valence-electron chi connectivity index (χ1n) is 6.90. The Morgan fingerprint density at radius 3 is 2.43 bits per heavy atom. The summed E-state index contributed by atoms with van der Waals surface area (Å²) >= 11 is 0. The van der Waals surface area contributed by atoms with Crippen LogP contribution < -0.4 is 10.6 Å². The summed E-state index contributed by atoms with van der Waals surface area (Å²) in [4.78, 5) is 26.1. The summed E-state index contributed by atoms with van der Waals surface area (Å²) < 4.78 is 0. The van der Waals surface area contributed by atoms with E-state index >= 15 is 0 Å². The minimum atomic E-state index is -1.07. The van der Waals surface area contributed by atoms with Crippen LogP contribution in [0.2, 0.25) is 0 Å². The maximum absolute atomic E-state index is 11.7. The number of nitrogens with one attached hydrogen (secondary N) is 2. The minimum Gasteiger partial charge on any atom is -0.477 e. The zero-order chi connectivity index (χ0) is 16.0. The van der Waals surface area contributed by atoms with E-state index in [4.69, 9.17) is 5.11 Å². The van der Waals surface area contributed by atoms with Crippen molar-refractivity contribution in [1.29, 1.82) is 0 Å². The molecule has 0 spiro atoms. The highest BCUT2D eigenvalue weighted by molar-refractivity contribution is 5.85. The molecular weight excluding hydrogens is 270 g/mol. The second-order valence-corrected chi connectivity index (χ2v) is 6.19. The number of carbonyl (C=O) groups excluding carboxylic acids is 1. The molecule has 0 radical (unpaired) electrons. The van der Waals surface area contributed by atoms with Crippen LogP contribution in [0.3, 0.4) is 0 Å². The van der Waals surface area contributed by atoms with Gasteiger partial charge in [0.05, 0.1) is 0 Å². The highest BCUT2D eigenvalue weighted by Crippen LogP contribution is 2.24. The number of pyridine rings is 1. The fourth-order valence-electron chi connectivity index (χ4n) is 1.45. The van der Waals surface area contributed by atoms with Crippen LogP contribution in [-0.2, 0) is 6.54 Å². The van der Waals surface area contributed by atoms with E-state index in [9.17, 15) is 9.59 Å². The SMILES string of the molecule is CC(CNC(=O)NCc1ccc(C(=O)O)nc1)C(C)(C)C. The fraction of sp³-hybridized carbons (Fsp3) is 0.533. The van der Waals surface area contributed by atoms with Crippen LogP contribution in [0.25, 0.3) is 0 Å². The third-order valence-corrected chi connectivity index (χ3v) is 3.54.